The summed E-state index contributed by atoms with van der Waals surface area (Å²) in [5.74, 6) is 0. The Hall–Kier alpha value is -1.84. The van der Waals surface area contributed by atoms with Gasteiger partial charge in [0.05, 0.1) is 11.2 Å². The fourth-order valence-electron chi connectivity index (χ4n) is 2.85. The molecule has 0 bridgehead atoms. The van der Waals surface area contributed by atoms with Crippen LogP contribution >= 0.6 is 0 Å². The van der Waals surface area contributed by atoms with Crippen molar-refractivity contribution in [3.05, 3.63) is 64.7 Å². The van der Waals surface area contributed by atoms with E-state index in [0.29, 0.717) is 0 Å². The Balaban J connectivity index is 2.19. The molecule has 0 amide bonds. The van der Waals surface area contributed by atoms with E-state index >= 15 is 0 Å². The molecular formula is C28H40BO2. The van der Waals surface area contributed by atoms with E-state index in [2.05, 4.69) is 84.0 Å². The summed E-state index contributed by atoms with van der Waals surface area (Å²) >= 11 is 0. The second kappa shape index (κ2) is 8.96. The number of rotatable bonds is 6. The zero-order valence-electron chi connectivity index (χ0n) is 21.1. The molecular weight excluding hydrogens is 379 g/mol. The third-order valence-corrected chi connectivity index (χ3v) is 6.06. The Bertz CT molecular complexity index is 870. The Morgan fingerprint density at radius 3 is 1.55 bits per heavy atom. The quantitative estimate of drug-likeness (QED) is 0.442. The van der Waals surface area contributed by atoms with Gasteiger partial charge in [-0.15, -0.1) is 0 Å². The highest BCUT2D eigenvalue weighted by molar-refractivity contribution is 6.47. The lowest BCUT2D eigenvalue weighted by Gasteiger charge is -2.37. The van der Waals surface area contributed by atoms with Crippen LogP contribution in [0.25, 0.3) is 12.2 Å². The van der Waals surface area contributed by atoms with E-state index < -0.39 is 11.2 Å². The topological polar surface area (TPSA) is 29.5 Å². The first-order chi connectivity index (χ1) is 14.0. The van der Waals surface area contributed by atoms with Crippen molar-refractivity contribution < 1.29 is 9.76 Å². The zero-order chi connectivity index (χ0) is 23.7. The molecule has 0 spiro atoms. The summed E-state index contributed by atoms with van der Waals surface area (Å²) in [4.78, 5) is 0. The molecule has 0 aliphatic carbocycles. The van der Waals surface area contributed by atoms with Gasteiger partial charge in [-0.1, -0.05) is 102 Å². The summed E-state index contributed by atoms with van der Waals surface area (Å²) in [7, 11) is 1.72. The maximum Gasteiger partial charge on any atom is 0.330 e. The van der Waals surface area contributed by atoms with E-state index in [1.165, 1.54) is 16.7 Å². The van der Waals surface area contributed by atoms with Crippen molar-refractivity contribution in [2.45, 2.75) is 91.3 Å². The van der Waals surface area contributed by atoms with Crippen molar-refractivity contribution in [1.82, 2.24) is 0 Å². The highest BCUT2D eigenvalue weighted by Gasteiger charge is 2.35. The largest absolute Gasteiger partial charge is 0.427 e. The first kappa shape index (κ1) is 25.4. The predicted molar refractivity (Wildman–Crippen MR) is 136 cm³/mol. The molecule has 0 fully saturated rings. The van der Waals surface area contributed by atoms with E-state index in [1.54, 1.807) is 21.3 Å². The highest BCUT2D eigenvalue weighted by atomic mass is 16.5. The lowest BCUT2D eigenvalue weighted by Crippen LogP contribution is -2.49. The number of aliphatic hydroxyl groups is 1. The second-order valence-corrected chi connectivity index (χ2v) is 11.6. The van der Waals surface area contributed by atoms with Crippen molar-refractivity contribution in [1.29, 1.82) is 0 Å². The van der Waals surface area contributed by atoms with Crippen LogP contribution < -0.4 is 5.46 Å². The van der Waals surface area contributed by atoms with Gasteiger partial charge in [-0.05, 0) is 60.8 Å². The van der Waals surface area contributed by atoms with E-state index in [4.69, 9.17) is 4.65 Å². The fraction of sp³-hybridized carbons (Fsp3) is 0.500. The van der Waals surface area contributed by atoms with Crippen molar-refractivity contribution in [3.63, 3.8) is 0 Å². The molecule has 2 aromatic carbocycles. The summed E-state index contributed by atoms with van der Waals surface area (Å²) in [6.45, 7) is 20.9. The predicted octanol–water partition coefficient (Wildman–Crippen LogP) is 6.26. The molecule has 3 heteroatoms. The molecule has 2 nitrogen and oxygen atoms in total. The van der Waals surface area contributed by atoms with Gasteiger partial charge < -0.3 is 9.76 Å². The van der Waals surface area contributed by atoms with Gasteiger partial charge in [0.1, 0.15) is 0 Å². The van der Waals surface area contributed by atoms with Crippen LogP contribution in [0.1, 0.15) is 91.5 Å². The smallest absolute Gasteiger partial charge is 0.330 e. The van der Waals surface area contributed by atoms with Crippen molar-refractivity contribution in [2.75, 3.05) is 0 Å². The summed E-state index contributed by atoms with van der Waals surface area (Å²) in [5.41, 5.74) is 4.66. The molecule has 0 unspecified atom stereocenters. The molecule has 0 aliphatic heterocycles. The van der Waals surface area contributed by atoms with Crippen molar-refractivity contribution >= 4 is 25.1 Å². The molecule has 1 radical (unpaired) electrons. The van der Waals surface area contributed by atoms with Crippen LogP contribution in [0.2, 0.25) is 0 Å². The standard InChI is InChI=1S/C28H40BO2/c1-25(2,3)22-17-21(18-23(19-22)26(4,5)6)12-11-20-13-15-24(16-14-20)29-31-28(9,10)27(7,8)30/h11-19,30H,1-10H3/b12-11+. The summed E-state index contributed by atoms with van der Waals surface area (Å²) in [6.07, 6.45) is 4.34. The fourth-order valence-corrected chi connectivity index (χ4v) is 2.85. The number of hydrogen-bond donors (Lipinski definition) is 1. The molecule has 0 atom stereocenters. The summed E-state index contributed by atoms with van der Waals surface area (Å²) in [5, 5.41) is 10.2. The highest BCUT2D eigenvalue weighted by Crippen LogP contribution is 2.31. The summed E-state index contributed by atoms with van der Waals surface area (Å²) < 4.78 is 5.85. The number of benzene rings is 2. The van der Waals surface area contributed by atoms with Gasteiger partial charge in [0, 0.05) is 0 Å². The van der Waals surface area contributed by atoms with E-state index in [9.17, 15) is 5.11 Å². The first-order valence-corrected chi connectivity index (χ1v) is 11.2. The monoisotopic (exact) mass is 419 g/mol. The Morgan fingerprint density at radius 2 is 1.13 bits per heavy atom. The molecule has 0 aliphatic rings. The van der Waals surface area contributed by atoms with E-state index in [0.717, 1.165) is 11.0 Å². The van der Waals surface area contributed by atoms with Gasteiger partial charge in [0.2, 0.25) is 0 Å². The van der Waals surface area contributed by atoms with Gasteiger partial charge in [-0.2, -0.15) is 0 Å². The summed E-state index contributed by atoms with van der Waals surface area (Å²) in [6, 6.07) is 15.2. The van der Waals surface area contributed by atoms with Gasteiger partial charge in [-0.3, -0.25) is 0 Å². The molecule has 0 aromatic heterocycles. The van der Waals surface area contributed by atoms with Gasteiger partial charge in [0.25, 0.3) is 0 Å². The normalized spacial score (nSPS) is 13.6. The minimum atomic E-state index is -0.931. The minimum absolute atomic E-state index is 0.109. The van der Waals surface area contributed by atoms with Crippen LogP contribution in [0.5, 0.6) is 0 Å². The van der Waals surface area contributed by atoms with Crippen molar-refractivity contribution in [2.24, 2.45) is 0 Å². The SMILES string of the molecule is CC(C)(C)c1cc(/C=C/c2ccc([B]OC(C)(C)C(C)(C)O)cc2)cc(C(C)(C)C)c1. The Morgan fingerprint density at radius 1 is 0.677 bits per heavy atom. The molecule has 1 N–H and O–H groups in total. The van der Waals surface area contributed by atoms with Gasteiger partial charge >= 0.3 is 7.48 Å². The van der Waals surface area contributed by atoms with Gasteiger partial charge in [-0.25, -0.2) is 0 Å². The average molecular weight is 419 g/mol. The van der Waals surface area contributed by atoms with Crippen LogP contribution in [0, 0.1) is 0 Å². The zero-order valence-corrected chi connectivity index (χ0v) is 21.1. The Kier molecular flexibility index (Phi) is 7.35. The van der Waals surface area contributed by atoms with Crippen LogP contribution in [0.3, 0.4) is 0 Å². The maximum atomic E-state index is 10.2. The molecule has 167 valence electrons. The molecule has 2 rings (SSSR count). The third-order valence-electron chi connectivity index (χ3n) is 6.06. The number of hydrogen-bond acceptors (Lipinski definition) is 2. The Labute approximate surface area is 191 Å². The molecule has 0 saturated heterocycles. The van der Waals surface area contributed by atoms with Crippen LogP contribution in [0.15, 0.2) is 42.5 Å². The van der Waals surface area contributed by atoms with Crippen LogP contribution in [0.4, 0.5) is 0 Å². The van der Waals surface area contributed by atoms with Gasteiger partial charge in [0.15, 0.2) is 0 Å². The third kappa shape index (κ3) is 7.09. The lowest BCUT2D eigenvalue weighted by molar-refractivity contribution is -0.0893. The van der Waals surface area contributed by atoms with Crippen LogP contribution in [-0.4, -0.2) is 23.8 Å². The minimum Gasteiger partial charge on any atom is -0.427 e. The first-order valence-electron chi connectivity index (χ1n) is 11.2. The van der Waals surface area contributed by atoms with E-state index in [-0.39, 0.29) is 10.8 Å². The van der Waals surface area contributed by atoms with E-state index in [1.807, 2.05) is 26.0 Å². The van der Waals surface area contributed by atoms with Crippen molar-refractivity contribution in [3.8, 4) is 0 Å². The molecule has 31 heavy (non-hydrogen) atoms. The average Bonchev–Trinajstić information content (AvgIpc) is 2.63. The second-order valence-electron chi connectivity index (χ2n) is 11.6. The molecule has 0 heterocycles. The molecule has 2 aromatic rings. The molecule has 0 saturated carbocycles. The van der Waals surface area contributed by atoms with Crippen LogP contribution in [-0.2, 0) is 15.5 Å². The lowest BCUT2D eigenvalue weighted by atomic mass is 9.79. The maximum absolute atomic E-state index is 10.2.